The van der Waals surface area contributed by atoms with Gasteiger partial charge in [-0.25, -0.2) is 0 Å². The van der Waals surface area contributed by atoms with Crippen molar-refractivity contribution in [3.8, 4) is 5.75 Å². The van der Waals surface area contributed by atoms with Crippen molar-refractivity contribution in [1.82, 2.24) is 4.90 Å². The van der Waals surface area contributed by atoms with Crippen LogP contribution < -0.4 is 10.5 Å². The first kappa shape index (κ1) is 16.8. The summed E-state index contributed by atoms with van der Waals surface area (Å²) in [6, 6.07) is 7.77. The number of likely N-dealkylation sites (tertiary alicyclic amines) is 1. The Hall–Kier alpha value is -1.59. The molecule has 1 aliphatic rings. The van der Waals surface area contributed by atoms with E-state index < -0.39 is 5.91 Å². The van der Waals surface area contributed by atoms with Crippen LogP contribution in [-0.2, 0) is 11.3 Å². The van der Waals surface area contributed by atoms with Crippen molar-refractivity contribution in [3.05, 3.63) is 29.8 Å². The molecule has 1 saturated heterocycles. The molecule has 0 spiro atoms. The average molecular weight is 306 g/mol. The summed E-state index contributed by atoms with van der Waals surface area (Å²) in [6.07, 6.45) is 2.82. The number of rotatable bonds is 7. The van der Waals surface area contributed by atoms with Gasteiger partial charge in [-0.1, -0.05) is 19.1 Å². The van der Waals surface area contributed by atoms with Crippen molar-refractivity contribution in [2.45, 2.75) is 38.8 Å². The van der Waals surface area contributed by atoms with Gasteiger partial charge >= 0.3 is 0 Å². The first-order valence-electron chi connectivity index (χ1n) is 7.99. The molecule has 5 heteroatoms. The molecular formula is C17H26N2O3. The highest BCUT2D eigenvalue weighted by Gasteiger charge is 2.23. The van der Waals surface area contributed by atoms with Gasteiger partial charge in [0, 0.05) is 6.54 Å². The molecule has 0 radical (unpaired) electrons. The van der Waals surface area contributed by atoms with E-state index >= 15 is 0 Å². The molecule has 0 bridgehead atoms. The van der Waals surface area contributed by atoms with Crippen LogP contribution in [0.1, 0.15) is 31.7 Å². The maximum absolute atomic E-state index is 10.7. The van der Waals surface area contributed by atoms with Crippen LogP contribution in [-0.4, -0.2) is 41.7 Å². The first-order chi connectivity index (χ1) is 10.6. The van der Waals surface area contributed by atoms with Gasteiger partial charge in [0.15, 0.2) is 6.61 Å². The van der Waals surface area contributed by atoms with Crippen molar-refractivity contribution >= 4 is 5.91 Å². The summed E-state index contributed by atoms with van der Waals surface area (Å²) in [4.78, 5) is 13.1. The molecule has 1 heterocycles. The van der Waals surface area contributed by atoms with Gasteiger partial charge in [-0.2, -0.15) is 0 Å². The van der Waals surface area contributed by atoms with Crippen LogP contribution in [0.5, 0.6) is 5.75 Å². The number of aliphatic hydroxyl groups is 1. The zero-order valence-electron chi connectivity index (χ0n) is 13.2. The van der Waals surface area contributed by atoms with E-state index in [0.717, 1.165) is 38.9 Å². The Morgan fingerprint density at radius 2 is 2.00 bits per heavy atom. The monoisotopic (exact) mass is 306 g/mol. The van der Waals surface area contributed by atoms with Crippen molar-refractivity contribution < 1.29 is 14.6 Å². The molecule has 22 heavy (non-hydrogen) atoms. The lowest BCUT2D eigenvalue weighted by Gasteiger charge is -2.34. The second-order valence-corrected chi connectivity index (χ2v) is 5.99. The summed E-state index contributed by atoms with van der Waals surface area (Å²) >= 11 is 0. The minimum atomic E-state index is -0.471. The van der Waals surface area contributed by atoms with Crippen LogP contribution in [0.2, 0.25) is 0 Å². The number of ether oxygens (including phenoxy) is 1. The lowest BCUT2D eigenvalue weighted by Crippen LogP contribution is -2.37. The third-order valence-corrected chi connectivity index (χ3v) is 4.31. The number of aliphatic hydroxyl groups excluding tert-OH is 1. The summed E-state index contributed by atoms with van der Waals surface area (Å²) in [7, 11) is 0. The molecule has 0 aliphatic carbocycles. The minimum Gasteiger partial charge on any atom is -0.484 e. The van der Waals surface area contributed by atoms with Crippen LogP contribution in [0.3, 0.4) is 0 Å². The molecule has 0 unspecified atom stereocenters. The highest BCUT2D eigenvalue weighted by Crippen LogP contribution is 2.23. The summed E-state index contributed by atoms with van der Waals surface area (Å²) < 4.78 is 5.25. The molecule has 3 N–H and O–H groups in total. The quantitative estimate of drug-likeness (QED) is 0.801. The Balaban J connectivity index is 1.78. The summed E-state index contributed by atoms with van der Waals surface area (Å²) in [5, 5.41) is 9.91. The number of carbonyl (C=O) groups is 1. The summed E-state index contributed by atoms with van der Waals surface area (Å²) in [6.45, 7) is 4.92. The van der Waals surface area contributed by atoms with E-state index in [1.807, 2.05) is 31.2 Å². The van der Waals surface area contributed by atoms with E-state index in [0.29, 0.717) is 11.7 Å². The molecule has 1 aromatic rings. The number of primary amides is 1. The van der Waals surface area contributed by atoms with Gasteiger partial charge in [-0.15, -0.1) is 0 Å². The Morgan fingerprint density at radius 1 is 1.36 bits per heavy atom. The normalized spacial score (nSPS) is 18.1. The highest BCUT2D eigenvalue weighted by molar-refractivity contribution is 5.75. The number of benzene rings is 1. The molecular weight excluding hydrogens is 280 g/mol. The smallest absolute Gasteiger partial charge is 0.255 e. The van der Waals surface area contributed by atoms with Gasteiger partial charge in [0.2, 0.25) is 0 Å². The zero-order valence-corrected chi connectivity index (χ0v) is 13.2. The fourth-order valence-electron chi connectivity index (χ4n) is 2.93. The highest BCUT2D eigenvalue weighted by atomic mass is 16.5. The topological polar surface area (TPSA) is 75.8 Å². The van der Waals surface area contributed by atoms with Crippen molar-refractivity contribution in [1.29, 1.82) is 0 Å². The van der Waals surface area contributed by atoms with Gasteiger partial charge in [0.25, 0.3) is 5.91 Å². The molecule has 122 valence electrons. The molecule has 5 nitrogen and oxygen atoms in total. The Kier molecular flexibility index (Phi) is 6.21. The maximum Gasteiger partial charge on any atom is 0.255 e. The average Bonchev–Trinajstić information content (AvgIpc) is 2.54. The molecule has 1 amide bonds. The van der Waals surface area contributed by atoms with Crippen LogP contribution in [0, 0.1) is 5.92 Å². The fraction of sp³-hybridized carbons (Fsp3) is 0.588. The lowest BCUT2D eigenvalue weighted by atomic mass is 9.90. The van der Waals surface area contributed by atoms with Gasteiger partial charge in [0.05, 0.1) is 6.10 Å². The standard InChI is InChI=1S/C17H26N2O3/c1-2-16(20)14-7-9-19(10-8-14)11-13-3-5-15(6-4-13)22-12-17(18)21/h3-6,14,16,20H,2,7-12H2,1H3,(H2,18,21)/t16-/m1/s1. The number of nitrogens with zero attached hydrogens (tertiary/aromatic N) is 1. The van der Waals surface area contributed by atoms with Gasteiger partial charge < -0.3 is 15.6 Å². The molecule has 0 aromatic heterocycles. The third-order valence-electron chi connectivity index (χ3n) is 4.31. The van der Waals surface area contributed by atoms with Crippen LogP contribution in [0.25, 0.3) is 0 Å². The molecule has 2 rings (SSSR count). The number of nitrogens with two attached hydrogens (primary N) is 1. The number of amides is 1. The number of piperidine rings is 1. The second kappa shape index (κ2) is 8.15. The number of carbonyl (C=O) groups excluding carboxylic acids is 1. The molecule has 1 aromatic carbocycles. The van der Waals surface area contributed by atoms with Gasteiger partial charge in [-0.3, -0.25) is 9.69 Å². The van der Waals surface area contributed by atoms with Crippen molar-refractivity contribution in [2.24, 2.45) is 11.7 Å². The van der Waals surface area contributed by atoms with Crippen LogP contribution in [0.15, 0.2) is 24.3 Å². The van der Waals surface area contributed by atoms with Crippen molar-refractivity contribution in [2.75, 3.05) is 19.7 Å². The van der Waals surface area contributed by atoms with E-state index in [1.165, 1.54) is 5.56 Å². The predicted octanol–water partition coefficient (Wildman–Crippen LogP) is 1.53. The molecule has 1 fully saturated rings. The SMILES string of the molecule is CC[C@@H](O)C1CCN(Cc2ccc(OCC(N)=O)cc2)CC1. The molecule has 0 saturated carbocycles. The second-order valence-electron chi connectivity index (χ2n) is 5.99. The van der Waals surface area contributed by atoms with Gasteiger partial charge in [-0.05, 0) is 56.0 Å². The van der Waals surface area contributed by atoms with Gasteiger partial charge in [0.1, 0.15) is 5.75 Å². The van der Waals surface area contributed by atoms with Crippen molar-refractivity contribution in [3.63, 3.8) is 0 Å². The predicted molar refractivity (Wildman–Crippen MR) is 85.4 cm³/mol. The summed E-state index contributed by atoms with van der Waals surface area (Å²) in [5.74, 6) is 0.638. The van der Waals surface area contributed by atoms with E-state index in [4.69, 9.17) is 10.5 Å². The third kappa shape index (κ3) is 5.00. The fourth-order valence-corrected chi connectivity index (χ4v) is 2.93. The van der Waals surface area contributed by atoms with E-state index in [-0.39, 0.29) is 12.7 Å². The maximum atomic E-state index is 10.7. The number of hydrogen-bond acceptors (Lipinski definition) is 4. The lowest BCUT2D eigenvalue weighted by molar-refractivity contribution is -0.119. The Labute approximate surface area is 132 Å². The minimum absolute atomic E-state index is 0.0907. The first-order valence-corrected chi connectivity index (χ1v) is 7.99. The zero-order chi connectivity index (χ0) is 15.9. The molecule has 1 aliphatic heterocycles. The van der Waals surface area contributed by atoms with E-state index in [9.17, 15) is 9.90 Å². The number of hydrogen-bond donors (Lipinski definition) is 2. The van der Waals surface area contributed by atoms with E-state index in [2.05, 4.69) is 4.90 Å². The Bertz CT molecular complexity index is 467. The largest absolute Gasteiger partial charge is 0.484 e. The van der Waals surface area contributed by atoms with Crippen LogP contribution in [0.4, 0.5) is 0 Å². The van der Waals surface area contributed by atoms with Crippen LogP contribution >= 0.6 is 0 Å². The van der Waals surface area contributed by atoms with E-state index in [1.54, 1.807) is 0 Å². The molecule has 1 atom stereocenters. The summed E-state index contributed by atoms with van der Waals surface area (Å²) in [5.41, 5.74) is 6.27. The Morgan fingerprint density at radius 3 is 2.55 bits per heavy atom.